The zero-order chi connectivity index (χ0) is 26.3. The lowest BCUT2D eigenvalue weighted by Gasteiger charge is -2.37. The van der Waals surface area contributed by atoms with Gasteiger partial charge in [-0.1, -0.05) is 6.07 Å². The van der Waals surface area contributed by atoms with Gasteiger partial charge in [0.1, 0.15) is 17.3 Å². The number of fused-ring (bicyclic) bond motifs is 1. The summed E-state index contributed by atoms with van der Waals surface area (Å²) in [6.45, 7) is 5.83. The summed E-state index contributed by atoms with van der Waals surface area (Å²) in [5, 5.41) is 0. The molecule has 0 saturated carbocycles. The Morgan fingerprint density at radius 2 is 1.78 bits per heavy atom. The molecule has 4 aromatic rings. The van der Waals surface area contributed by atoms with E-state index in [0.29, 0.717) is 55.5 Å². The van der Waals surface area contributed by atoms with Crippen molar-refractivity contribution in [2.75, 3.05) is 36.0 Å². The minimum Gasteiger partial charge on any atom is -0.366 e. The molecule has 3 aromatic heterocycles. The zero-order valence-corrected chi connectivity index (χ0v) is 21.2. The van der Waals surface area contributed by atoms with E-state index in [0.717, 1.165) is 27.7 Å². The number of piperazine rings is 1. The molecule has 0 N–H and O–H groups in total. The lowest BCUT2D eigenvalue weighted by Crippen LogP contribution is -2.47. The second-order valence-corrected chi connectivity index (χ2v) is 10.3. The van der Waals surface area contributed by atoms with Gasteiger partial charge < -0.3 is 9.80 Å². The first kappa shape index (κ1) is 25.2. The first-order valence-corrected chi connectivity index (χ1v) is 12.7. The summed E-state index contributed by atoms with van der Waals surface area (Å²) in [7, 11) is 0. The second kappa shape index (κ2) is 9.77. The number of hydrogen-bond acceptors (Lipinski definition) is 6. The number of thiazole rings is 1. The number of ketones is 1. The van der Waals surface area contributed by atoms with Crippen molar-refractivity contribution in [3.63, 3.8) is 0 Å². The van der Waals surface area contributed by atoms with Crippen LogP contribution in [0.2, 0.25) is 0 Å². The Morgan fingerprint density at radius 3 is 2.43 bits per heavy atom. The Labute approximate surface area is 215 Å². The standard InChI is InChI=1S/C26H25F4N5OS/c1-16-15-35-24(17(2)32-25(35)37-16)22(36)7-4-18-3-6-21(20(27)13-18)33-9-11-34(12-10-33)23-8-5-19(14-31-23)26(28,29)30/h3,5-6,8,13-15H,4,7,9-12H2,1-2H3. The molecule has 0 spiro atoms. The van der Waals surface area contributed by atoms with Crippen LogP contribution < -0.4 is 9.80 Å². The van der Waals surface area contributed by atoms with Gasteiger partial charge in [-0.2, -0.15) is 13.2 Å². The van der Waals surface area contributed by atoms with Gasteiger partial charge in [0.25, 0.3) is 0 Å². The van der Waals surface area contributed by atoms with Crippen LogP contribution in [0.5, 0.6) is 0 Å². The number of carbonyl (C=O) groups is 1. The minimum absolute atomic E-state index is 0.0275. The SMILES string of the molecule is Cc1cn2c(C(=O)CCc3ccc(N4CCN(c5ccc(C(F)(F)F)cn5)CC4)c(F)c3)c(C)nc2s1. The van der Waals surface area contributed by atoms with Crippen molar-refractivity contribution in [2.24, 2.45) is 0 Å². The van der Waals surface area contributed by atoms with E-state index in [1.165, 1.54) is 23.5 Å². The summed E-state index contributed by atoms with van der Waals surface area (Å²) >= 11 is 1.53. The molecular formula is C26H25F4N5OS. The normalized spacial score (nSPS) is 14.5. The lowest BCUT2D eigenvalue weighted by atomic mass is 10.0. The van der Waals surface area contributed by atoms with E-state index in [1.54, 1.807) is 6.07 Å². The number of halogens is 4. The molecular weight excluding hydrogens is 506 g/mol. The third-order valence-electron chi connectivity index (χ3n) is 6.55. The Hall–Kier alpha value is -3.47. The Kier molecular flexibility index (Phi) is 6.65. The number of hydrogen-bond donors (Lipinski definition) is 0. The highest BCUT2D eigenvalue weighted by Gasteiger charge is 2.31. The molecule has 6 nitrogen and oxygen atoms in total. The molecule has 1 fully saturated rings. The van der Waals surface area contributed by atoms with Crippen LogP contribution in [0.1, 0.15) is 38.6 Å². The quantitative estimate of drug-likeness (QED) is 0.236. The molecule has 0 atom stereocenters. The number of carbonyl (C=O) groups excluding carboxylic acids is 1. The maximum atomic E-state index is 15.0. The van der Waals surface area contributed by atoms with Crippen LogP contribution in [0.15, 0.2) is 42.7 Å². The number of imidazole rings is 1. The van der Waals surface area contributed by atoms with E-state index in [-0.39, 0.29) is 18.0 Å². The van der Waals surface area contributed by atoms with Crippen LogP contribution in [-0.2, 0) is 12.6 Å². The Bertz CT molecular complexity index is 1440. The highest BCUT2D eigenvalue weighted by atomic mass is 32.1. The van der Waals surface area contributed by atoms with Crippen molar-refractivity contribution in [3.8, 4) is 0 Å². The third-order valence-corrected chi connectivity index (χ3v) is 7.45. The maximum absolute atomic E-state index is 15.0. The van der Waals surface area contributed by atoms with Crippen LogP contribution in [-0.4, -0.2) is 46.3 Å². The summed E-state index contributed by atoms with van der Waals surface area (Å²) in [5.74, 6) is 0.0826. The van der Waals surface area contributed by atoms with Gasteiger partial charge in [0.2, 0.25) is 0 Å². The number of nitrogens with zero attached hydrogens (tertiary/aromatic N) is 5. The molecule has 4 heterocycles. The van der Waals surface area contributed by atoms with Gasteiger partial charge in [0.15, 0.2) is 10.7 Å². The fourth-order valence-corrected chi connectivity index (χ4v) is 5.53. The largest absolute Gasteiger partial charge is 0.417 e. The van der Waals surface area contributed by atoms with Gasteiger partial charge in [-0.3, -0.25) is 9.20 Å². The van der Waals surface area contributed by atoms with Crippen molar-refractivity contribution in [2.45, 2.75) is 32.9 Å². The molecule has 0 bridgehead atoms. The molecule has 0 radical (unpaired) electrons. The summed E-state index contributed by atoms with van der Waals surface area (Å²) in [4.78, 5) is 27.0. The first-order valence-electron chi connectivity index (χ1n) is 11.9. The molecule has 37 heavy (non-hydrogen) atoms. The van der Waals surface area contributed by atoms with Crippen molar-refractivity contribution < 1.29 is 22.4 Å². The lowest BCUT2D eigenvalue weighted by molar-refractivity contribution is -0.137. The molecule has 0 aliphatic carbocycles. The minimum atomic E-state index is -4.42. The van der Waals surface area contributed by atoms with E-state index >= 15 is 4.39 Å². The van der Waals surface area contributed by atoms with Crippen molar-refractivity contribution >= 4 is 33.6 Å². The number of rotatable bonds is 6. The zero-order valence-electron chi connectivity index (χ0n) is 20.3. The number of alkyl halides is 3. The molecule has 0 unspecified atom stereocenters. The molecule has 194 valence electrons. The average Bonchev–Trinajstić information content (AvgIpc) is 3.36. The smallest absolute Gasteiger partial charge is 0.366 e. The fraction of sp³-hybridized carbons (Fsp3) is 0.346. The first-order chi connectivity index (χ1) is 17.6. The van der Waals surface area contributed by atoms with Crippen LogP contribution in [0.4, 0.5) is 29.1 Å². The monoisotopic (exact) mass is 531 g/mol. The molecule has 1 aliphatic heterocycles. The molecule has 0 amide bonds. The van der Waals surface area contributed by atoms with Crippen molar-refractivity contribution in [1.82, 2.24) is 14.4 Å². The Morgan fingerprint density at radius 1 is 1.05 bits per heavy atom. The van der Waals surface area contributed by atoms with Crippen LogP contribution in [0.3, 0.4) is 0 Å². The van der Waals surface area contributed by atoms with Crippen LogP contribution in [0, 0.1) is 19.7 Å². The van der Waals surface area contributed by atoms with Crippen molar-refractivity contribution in [1.29, 1.82) is 0 Å². The number of Topliss-reactive ketones (excluding diaryl/α,β-unsaturated/α-hetero) is 1. The molecule has 1 aliphatic rings. The van der Waals surface area contributed by atoms with E-state index in [2.05, 4.69) is 9.97 Å². The van der Waals surface area contributed by atoms with Gasteiger partial charge >= 0.3 is 6.18 Å². The average molecular weight is 532 g/mol. The van der Waals surface area contributed by atoms with Crippen LogP contribution in [0.25, 0.3) is 4.96 Å². The van der Waals surface area contributed by atoms with E-state index in [4.69, 9.17) is 0 Å². The number of aryl methyl sites for hydroxylation is 3. The van der Waals surface area contributed by atoms with Gasteiger partial charge in [0.05, 0.1) is 16.9 Å². The van der Waals surface area contributed by atoms with E-state index in [1.807, 2.05) is 40.3 Å². The van der Waals surface area contributed by atoms with Gasteiger partial charge in [-0.05, 0) is 50.1 Å². The number of benzene rings is 1. The molecule has 5 rings (SSSR count). The highest BCUT2D eigenvalue weighted by molar-refractivity contribution is 7.17. The van der Waals surface area contributed by atoms with Gasteiger partial charge in [-0.25, -0.2) is 14.4 Å². The van der Waals surface area contributed by atoms with Crippen molar-refractivity contribution in [3.05, 3.63) is 75.9 Å². The number of aromatic nitrogens is 3. The summed E-state index contributed by atoms with van der Waals surface area (Å²) < 4.78 is 55.2. The summed E-state index contributed by atoms with van der Waals surface area (Å²) in [6.07, 6.45) is -1.01. The number of anilines is 2. The summed E-state index contributed by atoms with van der Waals surface area (Å²) in [6, 6.07) is 7.43. The molecule has 1 saturated heterocycles. The molecule has 11 heteroatoms. The third kappa shape index (κ3) is 5.18. The fourth-order valence-electron chi connectivity index (χ4n) is 4.66. The van der Waals surface area contributed by atoms with E-state index < -0.39 is 11.7 Å². The summed E-state index contributed by atoms with van der Waals surface area (Å²) in [5.41, 5.74) is 1.70. The maximum Gasteiger partial charge on any atom is 0.417 e. The second-order valence-electron chi connectivity index (χ2n) is 9.13. The highest BCUT2D eigenvalue weighted by Crippen LogP contribution is 2.30. The predicted octanol–water partition coefficient (Wildman–Crippen LogP) is 5.71. The van der Waals surface area contributed by atoms with Gasteiger partial charge in [-0.15, -0.1) is 11.3 Å². The topological polar surface area (TPSA) is 53.7 Å². The van der Waals surface area contributed by atoms with Gasteiger partial charge in [0, 0.05) is 49.9 Å². The molecule has 1 aromatic carbocycles. The van der Waals surface area contributed by atoms with E-state index in [9.17, 15) is 18.0 Å². The van der Waals surface area contributed by atoms with Crippen LogP contribution >= 0.6 is 11.3 Å². The Balaban J connectivity index is 1.19. The predicted molar refractivity (Wildman–Crippen MR) is 135 cm³/mol. The number of pyridine rings is 1.